The fourth-order valence-electron chi connectivity index (χ4n) is 2.25. The molecular formula is C11H21NO. The van der Waals surface area contributed by atoms with Gasteiger partial charge in [-0.25, -0.2) is 0 Å². The third kappa shape index (κ3) is 1.62. The van der Waals surface area contributed by atoms with Gasteiger partial charge in [0.2, 0.25) is 0 Å². The maximum absolute atomic E-state index is 9.54. The molecule has 2 atom stereocenters. The van der Waals surface area contributed by atoms with Gasteiger partial charge in [0.1, 0.15) is 0 Å². The van der Waals surface area contributed by atoms with Crippen molar-refractivity contribution in [3.05, 3.63) is 0 Å². The molecule has 2 saturated carbocycles. The van der Waals surface area contributed by atoms with Crippen LogP contribution in [0.1, 0.15) is 39.5 Å². The number of hydrogen-bond acceptors (Lipinski definition) is 2. The van der Waals surface area contributed by atoms with E-state index in [1.165, 1.54) is 25.8 Å². The van der Waals surface area contributed by atoms with Crippen molar-refractivity contribution in [1.29, 1.82) is 0 Å². The van der Waals surface area contributed by atoms with Gasteiger partial charge in [-0.2, -0.15) is 0 Å². The molecule has 2 aliphatic rings. The van der Waals surface area contributed by atoms with E-state index in [1.54, 1.807) is 0 Å². The molecule has 76 valence electrons. The minimum atomic E-state index is -0.0913. The molecule has 0 radical (unpaired) electrons. The number of rotatable bonds is 3. The summed E-state index contributed by atoms with van der Waals surface area (Å²) in [4.78, 5) is 0. The van der Waals surface area contributed by atoms with Gasteiger partial charge in [0, 0.05) is 11.5 Å². The Morgan fingerprint density at radius 1 is 1.38 bits per heavy atom. The van der Waals surface area contributed by atoms with E-state index in [0.29, 0.717) is 6.04 Å². The van der Waals surface area contributed by atoms with Crippen molar-refractivity contribution in [2.75, 3.05) is 6.54 Å². The summed E-state index contributed by atoms with van der Waals surface area (Å²) in [5.41, 5.74) is 0.101. The SMILES string of the molecule is CC1(C)C(O)CC1NCC1CCC1. The van der Waals surface area contributed by atoms with Gasteiger partial charge in [0.15, 0.2) is 0 Å². The lowest BCUT2D eigenvalue weighted by molar-refractivity contribution is -0.0740. The van der Waals surface area contributed by atoms with Crippen molar-refractivity contribution < 1.29 is 5.11 Å². The second-order valence-electron chi connectivity index (χ2n) is 5.33. The first kappa shape index (κ1) is 9.47. The first-order valence-electron chi connectivity index (χ1n) is 5.52. The van der Waals surface area contributed by atoms with Gasteiger partial charge in [0.05, 0.1) is 6.10 Å². The molecule has 0 aromatic rings. The number of hydrogen-bond donors (Lipinski definition) is 2. The highest BCUT2D eigenvalue weighted by molar-refractivity contribution is 5.01. The average molecular weight is 183 g/mol. The predicted octanol–water partition coefficient (Wildman–Crippen LogP) is 1.54. The largest absolute Gasteiger partial charge is 0.392 e. The Morgan fingerprint density at radius 2 is 2.08 bits per heavy atom. The lowest BCUT2D eigenvalue weighted by atomic mass is 9.64. The molecule has 0 spiro atoms. The van der Waals surface area contributed by atoms with E-state index >= 15 is 0 Å². The second-order valence-corrected chi connectivity index (χ2v) is 5.33. The summed E-state index contributed by atoms with van der Waals surface area (Å²) < 4.78 is 0. The van der Waals surface area contributed by atoms with Crippen LogP contribution < -0.4 is 5.32 Å². The molecule has 2 rings (SSSR count). The van der Waals surface area contributed by atoms with Crippen molar-refractivity contribution in [3.63, 3.8) is 0 Å². The first-order valence-corrected chi connectivity index (χ1v) is 5.52. The number of nitrogens with one attached hydrogen (secondary N) is 1. The van der Waals surface area contributed by atoms with E-state index in [-0.39, 0.29) is 11.5 Å². The smallest absolute Gasteiger partial charge is 0.0621 e. The van der Waals surface area contributed by atoms with Crippen LogP contribution in [-0.2, 0) is 0 Å². The fourth-order valence-corrected chi connectivity index (χ4v) is 2.25. The molecule has 0 aliphatic heterocycles. The Kier molecular flexibility index (Phi) is 2.37. The highest BCUT2D eigenvalue weighted by Crippen LogP contribution is 2.40. The maximum atomic E-state index is 9.54. The minimum absolute atomic E-state index is 0.0913. The lowest BCUT2D eigenvalue weighted by Crippen LogP contribution is -2.60. The van der Waals surface area contributed by atoms with Crippen molar-refractivity contribution in [3.8, 4) is 0 Å². The summed E-state index contributed by atoms with van der Waals surface area (Å²) in [5.74, 6) is 0.925. The van der Waals surface area contributed by atoms with Crippen LogP contribution in [0, 0.1) is 11.3 Å². The van der Waals surface area contributed by atoms with Gasteiger partial charge in [0.25, 0.3) is 0 Å². The normalized spacial score (nSPS) is 38.1. The van der Waals surface area contributed by atoms with E-state index in [9.17, 15) is 5.11 Å². The van der Waals surface area contributed by atoms with Crippen LogP contribution in [-0.4, -0.2) is 23.8 Å². The van der Waals surface area contributed by atoms with Crippen LogP contribution in [0.4, 0.5) is 0 Å². The monoisotopic (exact) mass is 183 g/mol. The summed E-state index contributed by atoms with van der Waals surface area (Å²) >= 11 is 0. The zero-order chi connectivity index (χ0) is 9.47. The molecule has 2 N–H and O–H groups in total. The third-order valence-electron chi connectivity index (χ3n) is 4.09. The fraction of sp³-hybridized carbons (Fsp3) is 1.00. The van der Waals surface area contributed by atoms with Gasteiger partial charge in [-0.15, -0.1) is 0 Å². The highest BCUT2D eigenvalue weighted by Gasteiger charge is 2.46. The van der Waals surface area contributed by atoms with Crippen LogP contribution in [0.5, 0.6) is 0 Å². The van der Waals surface area contributed by atoms with E-state index < -0.39 is 0 Å². The van der Waals surface area contributed by atoms with Crippen molar-refractivity contribution >= 4 is 0 Å². The Balaban J connectivity index is 1.71. The summed E-state index contributed by atoms with van der Waals surface area (Å²) in [7, 11) is 0. The van der Waals surface area contributed by atoms with Gasteiger partial charge < -0.3 is 10.4 Å². The minimum Gasteiger partial charge on any atom is -0.392 e. The zero-order valence-electron chi connectivity index (χ0n) is 8.71. The summed E-state index contributed by atoms with van der Waals surface area (Å²) in [5, 5.41) is 13.1. The van der Waals surface area contributed by atoms with Gasteiger partial charge in [-0.1, -0.05) is 20.3 Å². The molecule has 0 bridgehead atoms. The summed E-state index contributed by atoms with van der Waals surface area (Å²) in [6.45, 7) is 5.47. The standard InChI is InChI=1S/C11H21NO/c1-11(2)9(6-10(11)13)12-7-8-4-3-5-8/h8-10,12-13H,3-7H2,1-2H3. The highest BCUT2D eigenvalue weighted by atomic mass is 16.3. The molecule has 0 saturated heterocycles. The van der Waals surface area contributed by atoms with Crippen LogP contribution >= 0.6 is 0 Å². The Labute approximate surface area is 80.7 Å². The summed E-state index contributed by atoms with van der Waals surface area (Å²) in [6, 6.07) is 0.545. The van der Waals surface area contributed by atoms with Crippen molar-refractivity contribution in [2.45, 2.75) is 51.7 Å². The predicted molar refractivity (Wildman–Crippen MR) is 53.5 cm³/mol. The molecule has 0 amide bonds. The molecule has 2 fully saturated rings. The Bertz CT molecular complexity index is 187. The third-order valence-corrected chi connectivity index (χ3v) is 4.09. The molecule has 13 heavy (non-hydrogen) atoms. The molecular weight excluding hydrogens is 162 g/mol. The summed E-state index contributed by atoms with van der Waals surface area (Å²) in [6.07, 6.45) is 5.08. The van der Waals surface area contributed by atoms with Gasteiger partial charge in [-0.05, 0) is 31.7 Å². The topological polar surface area (TPSA) is 32.3 Å². The Morgan fingerprint density at radius 3 is 2.46 bits per heavy atom. The van der Waals surface area contributed by atoms with Crippen molar-refractivity contribution in [1.82, 2.24) is 5.32 Å². The number of aliphatic hydroxyl groups is 1. The second kappa shape index (κ2) is 3.25. The average Bonchev–Trinajstić information content (AvgIpc) is 2.00. The molecule has 0 heterocycles. The van der Waals surface area contributed by atoms with E-state index in [0.717, 1.165) is 12.3 Å². The Hall–Kier alpha value is -0.0800. The van der Waals surface area contributed by atoms with Crippen molar-refractivity contribution in [2.24, 2.45) is 11.3 Å². The lowest BCUT2D eigenvalue weighted by Gasteiger charge is -2.50. The number of aliphatic hydroxyl groups excluding tert-OH is 1. The first-order chi connectivity index (χ1) is 6.10. The van der Waals surface area contributed by atoms with Gasteiger partial charge in [-0.3, -0.25) is 0 Å². The molecule has 2 nitrogen and oxygen atoms in total. The van der Waals surface area contributed by atoms with Crippen LogP contribution in [0.2, 0.25) is 0 Å². The molecule has 2 heteroatoms. The van der Waals surface area contributed by atoms with E-state index in [4.69, 9.17) is 0 Å². The van der Waals surface area contributed by atoms with Crippen LogP contribution in [0.15, 0.2) is 0 Å². The van der Waals surface area contributed by atoms with E-state index in [2.05, 4.69) is 19.2 Å². The van der Waals surface area contributed by atoms with Crippen LogP contribution in [0.25, 0.3) is 0 Å². The molecule has 2 aliphatic carbocycles. The molecule has 2 unspecified atom stereocenters. The quantitative estimate of drug-likeness (QED) is 0.695. The molecule has 0 aromatic heterocycles. The zero-order valence-corrected chi connectivity index (χ0v) is 8.71. The van der Waals surface area contributed by atoms with Crippen LogP contribution in [0.3, 0.4) is 0 Å². The van der Waals surface area contributed by atoms with E-state index in [1.807, 2.05) is 0 Å². The van der Waals surface area contributed by atoms with Gasteiger partial charge >= 0.3 is 0 Å². The molecule has 0 aromatic carbocycles. The maximum Gasteiger partial charge on any atom is 0.0621 e.